The number of carbonyl (C=O) groups excluding carboxylic acids is 2. The van der Waals surface area contributed by atoms with Crippen molar-refractivity contribution in [2.45, 2.75) is 103 Å². The van der Waals surface area contributed by atoms with Crippen molar-refractivity contribution in [2.24, 2.45) is 11.8 Å². The summed E-state index contributed by atoms with van der Waals surface area (Å²) in [4.78, 5) is 23.3. The summed E-state index contributed by atoms with van der Waals surface area (Å²) in [5.41, 5.74) is 0. The van der Waals surface area contributed by atoms with E-state index in [4.69, 9.17) is 4.74 Å². The molecule has 4 nitrogen and oxygen atoms in total. The normalized spacial score (nSPS) is 19.3. The zero-order chi connectivity index (χ0) is 19.7. The van der Waals surface area contributed by atoms with Crippen LogP contribution in [0.5, 0.6) is 0 Å². The molecule has 156 valence electrons. The Balaban J connectivity index is 0.00000729. The molecule has 0 spiro atoms. The number of hydrogen-bond donors (Lipinski definition) is 0. The molecule has 0 radical (unpaired) electrons. The number of aliphatic carboxylic acids is 1. The van der Waals surface area contributed by atoms with Crippen LogP contribution in [0.15, 0.2) is 12.2 Å². The van der Waals surface area contributed by atoms with E-state index >= 15 is 0 Å². The van der Waals surface area contributed by atoms with E-state index in [1.165, 1.54) is 57.8 Å². The maximum atomic E-state index is 12.1. The molecule has 28 heavy (non-hydrogen) atoms. The van der Waals surface area contributed by atoms with Gasteiger partial charge in [0.1, 0.15) is 0 Å². The molecule has 1 rings (SSSR count). The van der Waals surface area contributed by atoms with E-state index in [0.29, 0.717) is 19.4 Å². The van der Waals surface area contributed by atoms with E-state index < -0.39 is 17.8 Å². The molecular weight excluding hydrogens is 363 g/mol. The second-order valence-corrected chi connectivity index (χ2v) is 7.86. The molecule has 0 amide bonds. The molecule has 5 heteroatoms. The third-order valence-corrected chi connectivity index (χ3v) is 5.50. The SMILES string of the molecule is CCC/C=C/CCCCCCCCCCOC(=O)C1CCCCC1C(=O)[O-].[Na+]. The molecule has 0 aromatic carbocycles. The monoisotopic (exact) mass is 402 g/mol. The first kappa shape index (κ1) is 27.7. The van der Waals surface area contributed by atoms with Crippen LogP contribution in [0, 0.1) is 11.8 Å². The minimum Gasteiger partial charge on any atom is -0.550 e. The minimum absolute atomic E-state index is 0. The molecule has 1 aliphatic rings. The fraction of sp³-hybridized carbons (Fsp3) is 0.826. The van der Waals surface area contributed by atoms with E-state index in [-0.39, 0.29) is 35.5 Å². The molecule has 0 aromatic heterocycles. The molecule has 0 bridgehead atoms. The average Bonchev–Trinajstić information content (AvgIpc) is 2.68. The quantitative estimate of drug-likeness (QED) is 0.182. The van der Waals surface area contributed by atoms with Crippen LogP contribution in [0.2, 0.25) is 0 Å². The van der Waals surface area contributed by atoms with Gasteiger partial charge in [-0.1, -0.05) is 76.9 Å². The van der Waals surface area contributed by atoms with E-state index in [1.807, 2.05) is 0 Å². The van der Waals surface area contributed by atoms with Gasteiger partial charge in [0.2, 0.25) is 0 Å². The van der Waals surface area contributed by atoms with Crippen molar-refractivity contribution in [1.82, 2.24) is 0 Å². The predicted molar refractivity (Wildman–Crippen MR) is 107 cm³/mol. The van der Waals surface area contributed by atoms with Crippen LogP contribution in [0.4, 0.5) is 0 Å². The van der Waals surface area contributed by atoms with Gasteiger partial charge in [-0.05, 0) is 38.5 Å². The summed E-state index contributed by atoms with van der Waals surface area (Å²) in [5.74, 6) is -2.60. The van der Waals surface area contributed by atoms with Crippen molar-refractivity contribution in [3.05, 3.63) is 12.2 Å². The Morgan fingerprint density at radius 3 is 2.00 bits per heavy atom. The van der Waals surface area contributed by atoms with Gasteiger partial charge in [0.15, 0.2) is 0 Å². The fourth-order valence-corrected chi connectivity index (χ4v) is 3.80. The molecule has 2 atom stereocenters. The molecule has 0 aromatic rings. The smallest absolute Gasteiger partial charge is 0.550 e. The number of carboxylic acids is 1. The van der Waals surface area contributed by atoms with Crippen LogP contribution in [0.25, 0.3) is 0 Å². The van der Waals surface area contributed by atoms with Crippen molar-refractivity contribution in [3.63, 3.8) is 0 Å². The van der Waals surface area contributed by atoms with Crippen LogP contribution in [-0.4, -0.2) is 18.5 Å². The van der Waals surface area contributed by atoms with Crippen molar-refractivity contribution < 1.29 is 49.0 Å². The third kappa shape index (κ3) is 13.0. The largest absolute Gasteiger partial charge is 1.00 e. The van der Waals surface area contributed by atoms with Crippen LogP contribution in [0.3, 0.4) is 0 Å². The first-order chi connectivity index (χ1) is 13.2. The van der Waals surface area contributed by atoms with Gasteiger partial charge in [0.25, 0.3) is 0 Å². The zero-order valence-corrected chi connectivity index (χ0v) is 20.3. The summed E-state index contributed by atoms with van der Waals surface area (Å²) in [7, 11) is 0. The van der Waals surface area contributed by atoms with Crippen molar-refractivity contribution in [1.29, 1.82) is 0 Å². The Morgan fingerprint density at radius 1 is 0.857 bits per heavy atom. The van der Waals surface area contributed by atoms with Gasteiger partial charge in [0.05, 0.1) is 12.5 Å². The fourth-order valence-electron chi connectivity index (χ4n) is 3.80. The first-order valence-corrected chi connectivity index (χ1v) is 11.2. The second-order valence-electron chi connectivity index (χ2n) is 7.86. The Labute approximate surface area is 194 Å². The van der Waals surface area contributed by atoms with Crippen LogP contribution < -0.4 is 34.7 Å². The molecular formula is C23H39NaO4. The van der Waals surface area contributed by atoms with E-state index in [1.54, 1.807) is 0 Å². The third-order valence-electron chi connectivity index (χ3n) is 5.50. The summed E-state index contributed by atoms with van der Waals surface area (Å²) in [6.45, 7) is 2.62. The molecule has 1 saturated carbocycles. The number of carboxylic acid groups (broad SMARTS) is 1. The van der Waals surface area contributed by atoms with Crippen molar-refractivity contribution in [2.75, 3.05) is 6.61 Å². The molecule has 0 heterocycles. The maximum Gasteiger partial charge on any atom is 1.00 e. The number of hydrogen-bond acceptors (Lipinski definition) is 4. The average molecular weight is 403 g/mol. The summed E-state index contributed by atoms with van der Waals surface area (Å²) in [6.07, 6.45) is 20.7. The predicted octanol–water partition coefficient (Wildman–Crippen LogP) is 1.96. The zero-order valence-electron chi connectivity index (χ0n) is 18.3. The second kappa shape index (κ2) is 18.7. The molecule has 0 N–H and O–H groups in total. The van der Waals surface area contributed by atoms with Crippen LogP contribution >= 0.6 is 0 Å². The number of rotatable bonds is 15. The summed E-state index contributed by atoms with van der Waals surface area (Å²) < 4.78 is 5.33. The number of allylic oxidation sites excluding steroid dienone is 2. The van der Waals surface area contributed by atoms with Crippen LogP contribution in [0.1, 0.15) is 103 Å². The molecule has 1 fully saturated rings. The maximum absolute atomic E-state index is 12.1. The van der Waals surface area contributed by atoms with E-state index in [2.05, 4.69) is 19.1 Å². The topological polar surface area (TPSA) is 66.4 Å². The van der Waals surface area contributed by atoms with Gasteiger partial charge in [-0.2, -0.15) is 0 Å². The minimum atomic E-state index is -1.10. The summed E-state index contributed by atoms with van der Waals surface area (Å²) in [5, 5.41) is 11.1. The van der Waals surface area contributed by atoms with Gasteiger partial charge < -0.3 is 14.6 Å². The first-order valence-electron chi connectivity index (χ1n) is 11.2. The van der Waals surface area contributed by atoms with E-state index in [0.717, 1.165) is 25.7 Å². The standard InChI is InChI=1S/C23H40O4.Na/c1-2-3-4-5-6-7-8-9-10-11-12-13-16-19-27-23(26)21-18-15-14-17-20(21)22(24)25;/h4-5,20-21H,2-3,6-19H2,1H3,(H,24,25);/q;+1/p-1/b5-4+;. The molecule has 2 unspecified atom stereocenters. The van der Waals surface area contributed by atoms with Crippen molar-refractivity contribution in [3.8, 4) is 0 Å². The Kier molecular flexibility index (Phi) is 18.5. The Hall–Kier alpha value is -0.320. The number of unbranched alkanes of at least 4 members (excludes halogenated alkanes) is 9. The number of carbonyl (C=O) groups is 2. The van der Waals surface area contributed by atoms with E-state index in [9.17, 15) is 14.7 Å². The molecule has 0 aliphatic heterocycles. The molecule has 1 aliphatic carbocycles. The molecule has 0 saturated heterocycles. The van der Waals surface area contributed by atoms with Gasteiger partial charge in [-0.3, -0.25) is 4.79 Å². The van der Waals surface area contributed by atoms with Crippen molar-refractivity contribution >= 4 is 11.9 Å². The summed E-state index contributed by atoms with van der Waals surface area (Å²) >= 11 is 0. The van der Waals surface area contributed by atoms with Gasteiger partial charge >= 0.3 is 35.5 Å². The summed E-state index contributed by atoms with van der Waals surface area (Å²) in [6, 6.07) is 0. The Morgan fingerprint density at radius 2 is 1.39 bits per heavy atom. The Bertz CT molecular complexity index is 436. The van der Waals surface area contributed by atoms with Crippen LogP contribution in [-0.2, 0) is 14.3 Å². The van der Waals surface area contributed by atoms with Gasteiger partial charge in [-0.15, -0.1) is 0 Å². The van der Waals surface area contributed by atoms with Gasteiger partial charge in [-0.25, -0.2) is 0 Å². The number of ether oxygens (including phenoxy) is 1. The number of esters is 1. The van der Waals surface area contributed by atoms with Gasteiger partial charge in [0, 0.05) is 11.9 Å².